The lowest BCUT2D eigenvalue weighted by molar-refractivity contribution is 0.216. The molecule has 1 rings (SSSR count). The summed E-state index contributed by atoms with van der Waals surface area (Å²) < 4.78 is 26.8. The van der Waals surface area contributed by atoms with Gasteiger partial charge >= 0.3 is 0 Å². The summed E-state index contributed by atoms with van der Waals surface area (Å²) in [5.74, 6) is 0. The van der Waals surface area contributed by atoms with Crippen LogP contribution < -0.4 is 5.73 Å². The molecule has 2 N–H and O–H groups in total. The maximum atomic E-state index is 12.7. The highest BCUT2D eigenvalue weighted by molar-refractivity contribution is 7.89. The maximum absolute atomic E-state index is 12.7. The van der Waals surface area contributed by atoms with Gasteiger partial charge in [-0.2, -0.15) is 4.31 Å². The van der Waals surface area contributed by atoms with Crippen molar-refractivity contribution in [3.05, 3.63) is 23.3 Å². The van der Waals surface area contributed by atoms with E-state index in [0.29, 0.717) is 5.69 Å². The van der Waals surface area contributed by atoms with Crippen molar-refractivity contribution in [2.45, 2.75) is 52.5 Å². The van der Waals surface area contributed by atoms with Crippen LogP contribution in [0.25, 0.3) is 0 Å². The number of rotatable bonds is 3. The molecule has 0 aliphatic carbocycles. The van der Waals surface area contributed by atoms with Gasteiger partial charge in [0.15, 0.2) is 0 Å². The number of nitrogens with zero attached hydrogens (tertiary/aromatic N) is 1. The molecule has 1 aromatic carbocycles. The zero-order chi connectivity index (χ0) is 15.9. The molecule has 0 saturated heterocycles. The standard InChI is InChI=1S/C15H26N2O2S/c1-10-8-13(9-14(16)11(10)2)20(18,19)17(7)12(3)15(4,5)6/h8-9,12H,16H2,1-7H3. The molecule has 0 aliphatic rings. The van der Waals surface area contributed by atoms with Crippen molar-refractivity contribution in [2.24, 2.45) is 5.41 Å². The number of aryl methyl sites for hydroxylation is 1. The Bertz CT molecular complexity index is 578. The number of sulfonamides is 1. The Hall–Kier alpha value is -1.07. The van der Waals surface area contributed by atoms with Crippen LogP contribution in [0.2, 0.25) is 0 Å². The Balaban J connectivity index is 3.31. The molecule has 0 aliphatic heterocycles. The Labute approximate surface area is 123 Å². The fourth-order valence-electron chi connectivity index (χ4n) is 1.92. The van der Waals surface area contributed by atoms with Gasteiger partial charge in [0.05, 0.1) is 4.90 Å². The number of benzene rings is 1. The van der Waals surface area contributed by atoms with Crippen molar-refractivity contribution in [2.75, 3.05) is 12.8 Å². The topological polar surface area (TPSA) is 63.4 Å². The second-order valence-electron chi connectivity index (χ2n) is 6.52. The summed E-state index contributed by atoms with van der Waals surface area (Å²) in [4.78, 5) is 0.261. The summed E-state index contributed by atoms with van der Waals surface area (Å²) in [6.07, 6.45) is 0. The number of nitrogen functional groups attached to an aromatic ring is 1. The summed E-state index contributed by atoms with van der Waals surface area (Å²) >= 11 is 0. The van der Waals surface area contributed by atoms with Crippen LogP contribution in [0.3, 0.4) is 0 Å². The van der Waals surface area contributed by atoms with E-state index in [2.05, 4.69) is 0 Å². The van der Waals surface area contributed by atoms with E-state index in [1.54, 1.807) is 19.2 Å². The molecule has 4 nitrogen and oxygen atoms in total. The van der Waals surface area contributed by atoms with Gasteiger partial charge in [-0.3, -0.25) is 0 Å². The molecule has 1 aromatic rings. The Morgan fingerprint density at radius 2 is 1.70 bits per heavy atom. The van der Waals surface area contributed by atoms with Crippen LogP contribution in [0.4, 0.5) is 5.69 Å². The first-order valence-electron chi connectivity index (χ1n) is 6.73. The minimum absolute atomic E-state index is 0.115. The van der Waals surface area contributed by atoms with Crippen molar-refractivity contribution in [1.82, 2.24) is 4.31 Å². The zero-order valence-corrected chi connectivity index (χ0v) is 14.3. The minimum atomic E-state index is -3.53. The van der Waals surface area contributed by atoms with E-state index in [-0.39, 0.29) is 16.4 Å². The van der Waals surface area contributed by atoms with Crippen molar-refractivity contribution in [3.8, 4) is 0 Å². The summed E-state index contributed by atoms with van der Waals surface area (Å²) in [6, 6.07) is 3.12. The monoisotopic (exact) mass is 298 g/mol. The molecule has 0 radical (unpaired) electrons. The first-order chi connectivity index (χ1) is 8.89. The van der Waals surface area contributed by atoms with Crippen molar-refractivity contribution >= 4 is 15.7 Å². The van der Waals surface area contributed by atoms with Gasteiger partial charge in [-0.05, 0) is 49.4 Å². The molecule has 0 heterocycles. The van der Waals surface area contributed by atoms with Gasteiger partial charge in [0.1, 0.15) is 0 Å². The van der Waals surface area contributed by atoms with Crippen LogP contribution in [0, 0.1) is 19.3 Å². The molecule has 20 heavy (non-hydrogen) atoms. The van der Waals surface area contributed by atoms with Crippen LogP contribution in [0.5, 0.6) is 0 Å². The third-order valence-corrected chi connectivity index (χ3v) is 6.06. The molecule has 0 fully saturated rings. The summed E-state index contributed by atoms with van der Waals surface area (Å²) in [7, 11) is -1.91. The molecule has 0 saturated carbocycles. The molecule has 0 amide bonds. The van der Waals surface area contributed by atoms with E-state index in [1.165, 1.54) is 4.31 Å². The van der Waals surface area contributed by atoms with E-state index >= 15 is 0 Å². The summed E-state index contributed by atoms with van der Waals surface area (Å²) in [6.45, 7) is 11.8. The lowest BCUT2D eigenvalue weighted by Crippen LogP contribution is -2.42. The molecule has 1 atom stereocenters. The van der Waals surface area contributed by atoms with Gasteiger partial charge < -0.3 is 5.73 Å². The second kappa shape index (κ2) is 5.37. The van der Waals surface area contributed by atoms with Gasteiger partial charge in [0, 0.05) is 18.8 Å². The number of nitrogens with two attached hydrogens (primary N) is 1. The highest BCUT2D eigenvalue weighted by atomic mass is 32.2. The SMILES string of the molecule is Cc1cc(S(=O)(=O)N(C)C(C)C(C)(C)C)cc(N)c1C. The molecule has 5 heteroatoms. The molecule has 0 bridgehead atoms. The summed E-state index contributed by atoms with van der Waals surface area (Å²) in [5.41, 5.74) is 8.10. The van der Waals surface area contributed by atoms with E-state index < -0.39 is 10.0 Å². The normalized spacial score (nSPS) is 14.6. The van der Waals surface area contributed by atoms with Crippen molar-refractivity contribution in [1.29, 1.82) is 0 Å². The van der Waals surface area contributed by atoms with Gasteiger partial charge in [0.25, 0.3) is 0 Å². The third kappa shape index (κ3) is 3.15. The van der Waals surface area contributed by atoms with Crippen LogP contribution in [0.15, 0.2) is 17.0 Å². The highest BCUT2D eigenvalue weighted by Crippen LogP contribution is 2.29. The Kier molecular flexibility index (Phi) is 4.56. The molecule has 0 aromatic heterocycles. The van der Waals surface area contributed by atoms with Crippen LogP contribution in [-0.4, -0.2) is 25.8 Å². The van der Waals surface area contributed by atoms with E-state index in [4.69, 9.17) is 5.73 Å². The predicted octanol–water partition coefficient (Wildman–Crippen LogP) is 2.94. The lowest BCUT2D eigenvalue weighted by atomic mass is 9.88. The first-order valence-corrected chi connectivity index (χ1v) is 8.17. The largest absolute Gasteiger partial charge is 0.398 e. The highest BCUT2D eigenvalue weighted by Gasteiger charge is 2.32. The number of hydrogen-bond donors (Lipinski definition) is 1. The smallest absolute Gasteiger partial charge is 0.243 e. The van der Waals surface area contributed by atoms with E-state index in [9.17, 15) is 8.42 Å². The first kappa shape index (κ1) is 17.0. The van der Waals surface area contributed by atoms with Gasteiger partial charge in [0.2, 0.25) is 10.0 Å². The summed E-state index contributed by atoms with van der Waals surface area (Å²) in [5, 5.41) is 0. The molecular formula is C15H26N2O2S. The van der Waals surface area contributed by atoms with Crippen molar-refractivity contribution in [3.63, 3.8) is 0 Å². The third-order valence-electron chi connectivity index (χ3n) is 4.16. The van der Waals surface area contributed by atoms with Crippen LogP contribution in [-0.2, 0) is 10.0 Å². The molecule has 0 spiro atoms. The van der Waals surface area contributed by atoms with E-state index in [1.807, 2.05) is 41.5 Å². The maximum Gasteiger partial charge on any atom is 0.243 e. The van der Waals surface area contributed by atoms with Crippen molar-refractivity contribution < 1.29 is 8.42 Å². The fraction of sp³-hybridized carbons (Fsp3) is 0.600. The fourth-order valence-corrected chi connectivity index (χ4v) is 3.59. The van der Waals surface area contributed by atoms with Gasteiger partial charge in [-0.25, -0.2) is 8.42 Å². The second-order valence-corrected chi connectivity index (χ2v) is 8.52. The Morgan fingerprint density at radius 3 is 2.10 bits per heavy atom. The molecule has 1 unspecified atom stereocenters. The van der Waals surface area contributed by atoms with Crippen LogP contribution in [0.1, 0.15) is 38.8 Å². The average Bonchev–Trinajstić information content (AvgIpc) is 2.32. The predicted molar refractivity (Wildman–Crippen MR) is 84.2 cm³/mol. The van der Waals surface area contributed by atoms with Gasteiger partial charge in [-0.1, -0.05) is 20.8 Å². The number of anilines is 1. The molecular weight excluding hydrogens is 272 g/mol. The van der Waals surface area contributed by atoms with E-state index in [0.717, 1.165) is 11.1 Å². The lowest BCUT2D eigenvalue weighted by Gasteiger charge is -2.34. The van der Waals surface area contributed by atoms with Gasteiger partial charge in [-0.15, -0.1) is 0 Å². The minimum Gasteiger partial charge on any atom is -0.398 e. The average molecular weight is 298 g/mol. The quantitative estimate of drug-likeness (QED) is 0.873. The zero-order valence-electron chi connectivity index (χ0n) is 13.5. The Morgan fingerprint density at radius 1 is 1.20 bits per heavy atom. The number of hydrogen-bond acceptors (Lipinski definition) is 3. The molecule has 114 valence electrons. The van der Waals surface area contributed by atoms with Crippen LogP contribution >= 0.6 is 0 Å².